The van der Waals surface area contributed by atoms with E-state index in [1.165, 1.54) is 13.5 Å². The Labute approximate surface area is 120 Å². The fraction of sp³-hybridized carbons (Fsp3) is 0.562. The molecule has 1 aliphatic rings. The smallest absolute Gasteiger partial charge is 0.340 e. The van der Waals surface area contributed by atoms with E-state index >= 15 is 0 Å². The van der Waals surface area contributed by atoms with Crippen molar-refractivity contribution < 1.29 is 9.53 Å². The lowest BCUT2D eigenvalue weighted by atomic mass is 9.88. The highest BCUT2D eigenvalue weighted by molar-refractivity contribution is 5.96. The molecule has 20 heavy (non-hydrogen) atoms. The quantitative estimate of drug-likeness (QED) is 0.681. The summed E-state index contributed by atoms with van der Waals surface area (Å²) in [5.74, 6) is 1.11. The van der Waals surface area contributed by atoms with Crippen LogP contribution in [0.1, 0.15) is 36.2 Å². The number of likely N-dealkylation sites (tertiary alicyclic amines) is 1. The van der Waals surface area contributed by atoms with Crippen LogP contribution in [-0.4, -0.2) is 31.1 Å². The van der Waals surface area contributed by atoms with E-state index in [9.17, 15) is 4.79 Å². The van der Waals surface area contributed by atoms with Gasteiger partial charge in [0, 0.05) is 18.8 Å². The number of hydrogen-bond donors (Lipinski definition) is 1. The van der Waals surface area contributed by atoms with Crippen LogP contribution >= 0.6 is 0 Å². The summed E-state index contributed by atoms with van der Waals surface area (Å²) in [5, 5.41) is 0. The van der Waals surface area contributed by atoms with E-state index < -0.39 is 0 Å². The zero-order valence-electron chi connectivity index (χ0n) is 12.6. The van der Waals surface area contributed by atoms with Crippen LogP contribution in [0.15, 0.2) is 18.2 Å². The van der Waals surface area contributed by atoms with Crippen molar-refractivity contribution in [1.29, 1.82) is 0 Å². The van der Waals surface area contributed by atoms with Crippen molar-refractivity contribution in [3.05, 3.63) is 29.3 Å². The molecule has 1 fully saturated rings. The maximum absolute atomic E-state index is 11.9. The van der Waals surface area contributed by atoms with E-state index in [0.29, 0.717) is 17.2 Å². The van der Waals surface area contributed by atoms with Gasteiger partial charge in [-0.3, -0.25) is 4.90 Å². The molecule has 4 nitrogen and oxygen atoms in total. The molecule has 0 amide bonds. The molecular weight excluding hydrogens is 252 g/mol. The molecule has 1 saturated heterocycles. The molecule has 1 aromatic rings. The normalized spacial score (nSPS) is 23.6. The minimum atomic E-state index is -0.350. The molecular formula is C16H24N2O2. The Kier molecular flexibility index (Phi) is 4.65. The van der Waals surface area contributed by atoms with E-state index in [-0.39, 0.29) is 5.97 Å². The van der Waals surface area contributed by atoms with Crippen molar-refractivity contribution in [2.45, 2.75) is 26.8 Å². The first-order chi connectivity index (χ1) is 9.52. The summed E-state index contributed by atoms with van der Waals surface area (Å²) in [5.41, 5.74) is 7.90. The van der Waals surface area contributed by atoms with Crippen molar-refractivity contribution in [2.24, 2.45) is 11.8 Å². The second-order valence-electron chi connectivity index (χ2n) is 5.85. The molecule has 2 N–H and O–H groups in total. The summed E-state index contributed by atoms with van der Waals surface area (Å²) in [6.45, 7) is 7.49. The van der Waals surface area contributed by atoms with Crippen LogP contribution in [0, 0.1) is 11.8 Å². The average molecular weight is 276 g/mol. The molecule has 0 spiro atoms. The second-order valence-corrected chi connectivity index (χ2v) is 5.85. The maximum atomic E-state index is 11.9. The molecule has 110 valence electrons. The lowest BCUT2D eigenvalue weighted by Gasteiger charge is -2.35. The number of carbonyl (C=O) groups is 1. The van der Waals surface area contributed by atoms with Crippen LogP contribution in [0.4, 0.5) is 5.69 Å². The summed E-state index contributed by atoms with van der Waals surface area (Å²) >= 11 is 0. The number of nitrogen functional groups attached to an aromatic ring is 1. The fourth-order valence-electron chi connectivity index (χ4n) is 2.84. The molecule has 0 aliphatic carbocycles. The molecule has 2 rings (SSSR count). The van der Waals surface area contributed by atoms with E-state index in [2.05, 4.69) is 18.7 Å². The number of esters is 1. The number of ether oxygens (including phenoxy) is 1. The highest BCUT2D eigenvalue weighted by Gasteiger charge is 2.24. The zero-order valence-corrected chi connectivity index (χ0v) is 12.6. The van der Waals surface area contributed by atoms with Crippen LogP contribution in [0.25, 0.3) is 0 Å². The molecule has 2 unspecified atom stereocenters. The van der Waals surface area contributed by atoms with Crippen LogP contribution in [0.5, 0.6) is 0 Å². The van der Waals surface area contributed by atoms with Gasteiger partial charge in [0.1, 0.15) is 0 Å². The Morgan fingerprint density at radius 3 is 2.80 bits per heavy atom. The van der Waals surface area contributed by atoms with Crippen molar-refractivity contribution in [3.8, 4) is 0 Å². The molecule has 1 aromatic carbocycles. The van der Waals surface area contributed by atoms with Crippen LogP contribution in [0.3, 0.4) is 0 Å². The highest BCUT2D eigenvalue weighted by atomic mass is 16.5. The summed E-state index contributed by atoms with van der Waals surface area (Å²) in [7, 11) is 1.39. The number of rotatable bonds is 3. The Morgan fingerprint density at radius 1 is 1.40 bits per heavy atom. The first-order valence-electron chi connectivity index (χ1n) is 7.21. The van der Waals surface area contributed by atoms with Gasteiger partial charge in [-0.25, -0.2) is 4.79 Å². The lowest BCUT2D eigenvalue weighted by Crippen LogP contribution is -2.38. The number of piperidine rings is 1. The molecule has 0 aromatic heterocycles. The van der Waals surface area contributed by atoms with Crippen molar-refractivity contribution in [2.75, 3.05) is 25.9 Å². The highest BCUT2D eigenvalue weighted by Crippen LogP contribution is 2.26. The third kappa shape index (κ3) is 3.12. The zero-order chi connectivity index (χ0) is 14.7. The topological polar surface area (TPSA) is 55.6 Å². The fourth-order valence-corrected chi connectivity index (χ4v) is 2.84. The van der Waals surface area contributed by atoms with Gasteiger partial charge in [0.05, 0.1) is 12.7 Å². The van der Waals surface area contributed by atoms with Gasteiger partial charge in [0.15, 0.2) is 0 Å². The molecule has 0 bridgehead atoms. The number of benzene rings is 1. The molecule has 1 aliphatic heterocycles. The second kappa shape index (κ2) is 6.27. The lowest BCUT2D eigenvalue weighted by molar-refractivity contribution is 0.0598. The van der Waals surface area contributed by atoms with Crippen LogP contribution in [-0.2, 0) is 11.3 Å². The first kappa shape index (κ1) is 14.9. The Balaban J connectivity index is 2.17. The van der Waals surface area contributed by atoms with Crippen molar-refractivity contribution in [3.63, 3.8) is 0 Å². The number of methoxy groups -OCH3 is 1. The Morgan fingerprint density at radius 2 is 2.15 bits per heavy atom. The van der Waals surface area contributed by atoms with Gasteiger partial charge < -0.3 is 10.5 Å². The van der Waals surface area contributed by atoms with E-state index in [1.54, 1.807) is 6.07 Å². The van der Waals surface area contributed by atoms with Gasteiger partial charge in [0.25, 0.3) is 0 Å². The predicted octanol–water partition coefficient (Wildman–Crippen LogP) is 2.53. The molecule has 1 heterocycles. The minimum absolute atomic E-state index is 0.350. The number of nitrogens with zero attached hydrogens (tertiary/aromatic N) is 1. The van der Waals surface area contributed by atoms with Crippen molar-refractivity contribution >= 4 is 11.7 Å². The number of hydrogen-bond acceptors (Lipinski definition) is 4. The predicted molar refractivity (Wildman–Crippen MR) is 80.4 cm³/mol. The molecule has 4 heteroatoms. The minimum Gasteiger partial charge on any atom is -0.465 e. The van der Waals surface area contributed by atoms with Gasteiger partial charge in [-0.1, -0.05) is 26.0 Å². The van der Waals surface area contributed by atoms with Crippen molar-refractivity contribution in [1.82, 2.24) is 4.90 Å². The molecule has 0 saturated carbocycles. The number of carbonyl (C=O) groups excluding carboxylic acids is 1. The van der Waals surface area contributed by atoms with Gasteiger partial charge in [-0.05, 0) is 36.4 Å². The van der Waals surface area contributed by atoms with E-state index in [0.717, 1.165) is 31.1 Å². The Hall–Kier alpha value is -1.55. The summed E-state index contributed by atoms with van der Waals surface area (Å²) < 4.78 is 4.85. The SMILES string of the molecule is COC(=O)c1c(N)cccc1CN1CCC(C)C(C)C1. The van der Waals surface area contributed by atoms with Crippen LogP contribution < -0.4 is 5.73 Å². The van der Waals surface area contributed by atoms with Crippen LogP contribution in [0.2, 0.25) is 0 Å². The summed E-state index contributed by atoms with van der Waals surface area (Å²) in [6.07, 6.45) is 1.21. The third-order valence-electron chi connectivity index (χ3n) is 4.38. The first-order valence-corrected chi connectivity index (χ1v) is 7.21. The van der Waals surface area contributed by atoms with Gasteiger partial charge in [-0.2, -0.15) is 0 Å². The summed E-state index contributed by atoms with van der Waals surface area (Å²) in [4.78, 5) is 14.3. The maximum Gasteiger partial charge on any atom is 0.340 e. The summed E-state index contributed by atoms with van der Waals surface area (Å²) in [6, 6.07) is 5.61. The largest absolute Gasteiger partial charge is 0.465 e. The van der Waals surface area contributed by atoms with Gasteiger partial charge >= 0.3 is 5.97 Å². The number of anilines is 1. The van der Waals surface area contributed by atoms with Gasteiger partial charge in [0.2, 0.25) is 0 Å². The van der Waals surface area contributed by atoms with Gasteiger partial charge in [-0.15, -0.1) is 0 Å². The van der Waals surface area contributed by atoms with E-state index in [4.69, 9.17) is 10.5 Å². The Bertz CT molecular complexity index is 487. The number of nitrogens with two attached hydrogens (primary N) is 1. The monoisotopic (exact) mass is 276 g/mol. The molecule has 0 radical (unpaired) electrons. The third-order valence-corrected chi connectivity index (χ3v) is 4.38. The average Bonchev–Trinajstić information content (AvgIpc) is 2.42. The standard InChI is InChI=1S/C16H24N2O2/c1-11-7-8-18(9-12(11)2)10-13-5-4-6-14(17)15(13)16(19)20-3/h4-6,11-12H,7-10,17H2,1-3H3. The molecule has 2 atom stereocenters. The van der Waals surface area contributed by atoms with E-state index in [1.807, 2.05) is 12.1 Å².